The zero-order chi connectivity index (χ0) is 14.7. The van der Waals surface area contributed by atoms with Crippen LogP contribution < -0.4 is 5.32 Å². The lowest BCUT2D eigenvalue weighted by Gasteiger charge is -2.29. The molecule has 0 radical (unpaired) electrons. The van der Waals surface area contributed by atoms with Crippen molar-refractivity contribution >= 4 is 0 Å². The molecule has 3 rings (SSSR count). The van der Waals surface area contributed by atoms with Crippen LogP contribution in [0.4, 0.5) is 4.39 Å². The molecule has 3 heteroatoms. The van der Waals surface area contributed by atoms with Crippen molar-refractivity contribution < 1.29 is 4.39 Å². The van der Waals surface area contributed by atoms with Gasteiger partial charge in [-0.25, -0.2) is 4.39 Å². The van der Waals surface area contributed by atoms with Crippen LogP contribution in [0.3, 0.4) is 0 Å². The Labute approximate surface area is 125 Å². The highest BCUT2D eigenvalue weighted by molar-refractivity contribution is 5.30. The second kappa shape index (κ2) is 6.37. The first-order chi connectivity index (χ1) is 10.2. The molecular formula is C18H21FN2. The molecule has 2 aromatic rings. The Bertz CT molecular complexity index is 594. The number of hydrogen-bond acceptors (Lipinski definition) is 2. The summed E-state index contributed by atoms with van der Waals surface area (Å²) in [7, 11) is 2.12. The van der Waals surface area contributed by atoms with Gasteiger partial charge >= 0.3 is 0 Å². The molecule has 0 fully saturated rings. The predicted molar refractivity (Wildman–Crippen MR) is 83.5 cm³/mol. The molecule has 0 amide bonds. The molecule has 21 heavy (non-hydrogen) atoms. The molecule has 1 aliphatic rings. The molecule has 1 atom stereocenters. The Morgan fingerprint density at radius 2 is 1.81 bits per heavy atom. The van der Waals surface area contributed by atoms with E-state index in [1.54, 1.807) is 0 Å². The highest BCUT2D eigenvalue weighted by Crippen LogP contribution is 2.17. The van der Waals surface area contributed by atoms with Crippen molar-refractivity contribution in [3.63, 3.8) is 0 Å². The molecule has 1 aliphatic heterocycles. The number of rotatable bonds is 4. The van der Waals surface area contributed by atoms with Gasteiger partial charge in [0.25, 0.3) is 0 Å². The number of hydrogen-bond donors (Lipinski definition) is 1. The lowest BCUT2D eigenvalue weighted by atomic mass is 9.95. The number of halogens is 1. The van der Waals surface area contributed by atoms with Crippen molar-refractivity contribution in [2.75, 3.05) is 13.6 Å². The van der Waals surface area contributed by atoms with E-state index in [1.807, 2.05) is 12.1 Å². The Hall–Kier alpha value is -1.71. The number of likely N-dealkylation sites (N-methyl/N-ethyl adjacent to an activating group) is 1. The number of nitrogens with one attached hydrogen (secondary N) is 1. The van der Waals surface area contributed by atoms with Crippen LogP contribution in [-0.4, -0.2) is 24.5 Å². The van der Waals surface area contributed by atoms with E-state index in [-0.39, 0.29) is 5.82 Å². The van der Waals surface area contributed by atoms with Crippen molar-refractivity contribution in [3.8, 4) is 0 Å². The third kappa shape index (κ3) is 3.69. The van der Waals surface area contributed by atoms with Gasteiger partial charge in [0.1, 0.15) is 5.82 Å². The average Bonchev–Trinajstić information content (AvgIpc) is 2.49. The second-order valence-electron chi connectivity index (χ2n) is 5.87. The summed E-state index contributed by atoms with van der Waals surface area (Å²) >= 11 is 0. The third-order valence-corrected chi connectivity index (χ3v) is 4.06. The summed E-state index contributed by atoms with van der Waals surface area (Å²) in [5, 5.41) is 3.60. The van der Waals surface area contributed by atoms with Gasteiger partial charge in [-0.05, 0) is 42.3 Å². The molecule has 2 nitrogen and oxygen atoms in total. The zero-order valence-electron chi connectivity index (χ0n) is 12.3. The summed E-state index contributed by atoms with van der Waals surface area (Å²) in [6.45, 7) is 2.79. The summed E-state index contributed by atoms with van der Waals surface area (Å²) in [4.78, 5) is 2.29. The Morgan fingerprint density at radius 1 is 1.10 bits per heavy atom. The normalized spacial score (nSPS) is 17.8. The molecule has 2 aromatic carbocycles. The van der Waals surface area contributed by atoms with Gasteiger partial charge in [0, 0.05) is 25.7 Å². The van der Waals surface area contributed by atoms with Crippen molar-refractivity contribution in [3.05, 3.63) is 71.0 Å². The average molecular weight is 284 g/mol. The molecule has 110 valence electrons. The van der Waals surface area contributed by atoms with Gasteiger partial charge in [-0.15, -0.1) is 0 Å². The van der Waals surface area contributed by atoms with Gasteiger partial charge in [0.2, 0.25) is 0 Å². The van der Waals surface area contributed by atoms with E-state index in [0.717, 1.165) is 31.6 Å². The Kier molecular flexibility index (Phi) is 4.32. The number of benzene rings is 2. The Morgan fingerprint density at radius 3 is 2.57 bits per heavy atom. The molecule has 0 bridgehead atoms. The number of nitrogens with zero attached hydrogens (tertiary/aromatic N) is 1. The van der Waals surface area contributed by atoms with E-state index >= 15 is 0 Å². The summed E-state index contributed by atoms with van der Waals surface area (Å²) in [5.74, 6) is -0.174. The van der Waals surface area contributed by atoms with Crippen LogP contribution in [0.25, 0.3) is 0 Å². The monoisotopic (exact) mass is 284 g/mol. The SMILES string of the molecule is CN(Cc1ccc(F)cc1)CC1Cc2ccccc2CN1. The largest absolute Gasteiger partial charge is 0.308 e. The van der Waals surface area contributed by atoms with E-state index in [9.17, 15) is 4.39 Å². The highest BCUT2D eigenvalue weighted by Gasteiger charge is 2.18. The van der Waals surface area contributed by atoms with Crippen LogP contribution in [-0.2, 0) is 19.5 Å². The smallest absolute Gasteiger partial charge is 0.123 e. The molecule has 0 aliphatic carbocycles. The fourth-order valence-corrected chi connectivity index (χ4v) is 2.99. The maximum atomic E-state index is 12.9. The van der Waals surface area contributed by atoms with Gasteiger partial charge in [-0.2, -0.15) is 0 Å². The summed E-state index contributed by atoms with van der Waals surface area (Å²) in [6.07, 6.45) is 1.07. The summed E-state index contributed by atoms with van der Waals surface area (Å²) in [5.41, 5.74) is 4.02. The molecule has 0 aromatic heterocycles. The maximum Gasteiger partial charge on any atom is 0.123 e. The first kappa shape index (κ1) is 14.2. The Balaban J connectivity index is 1.56. The lowest BCUT2D eigenvalue weighted by molar-refractivity contribution is 0.274. The van der Waals surface area contributed by atoms with Crippen LogP contribution in [0.5, 0.6) is 0 Å². The molecule has 1 N–H and O–H groups in total. The van der Waals surface area contributed by atoms with Crippen LogP contribution in [0.15, 0.2) is 48.5 Å². The standard InChI is InChI=1S/C18H21FN2/c1-21(12-14-6-8-17(19)9-7-14)13-18-10-15-4-2-3-5-16(15)11-20-18/h2-9,18,20H,10-13H2,1H3. The van der Waals surface area contributed by atoms with Crippen LogP contribution in [0.2, 0.25) is 0 Å². The van der Waals surface area contributed by atoms with Crippen LogP contribution >= 0.6 is 0 Å². The first-order valence-electron chi connectivity index (χ1n) is 7.44. The second-order valence-corrected chi connectivity index (χ2v) is 5.87. The van der Waals surface area contributed by atoms with Crippen LogP contribution in [0, 0.1) is 5.82 Å². The molecule has 0 spiro atoms. The van der Waals surface area contributed by atoms with E-state index in [4.69, 9.17) is 0 Å². The van der Waals surface area contributed by atoms with Gasteiger partial charge in [0.15, 0.2) is 0 Å². The minimum atomic E-state index is -0.174. The number of fused-ring (bicyclic) bond motifs is 1. The fraction of sp³-hybridized carbons (Fsp3) is 0.333. The van der Waals surface area contributed by atoms with E-state index in [2.05, 4.69) is 41.5 Å². The van der Waals surface area contributed by atoms with Crippen molar-refractivity contribution in [2.45, 2.75) is 25.6 Å². The predicted octanol–water partition coefficient (Wildman–Crippen LogP) is 2.97. The minimum absolute atomic E-state index is 0.174. The summed E-state index contributed by atoms with van der Waals surface area (Å²) in [6, 6.07) is 15.9. The van der Waals surface area contributed by atoms with E-state index in [1.165, 1.54) is 23.3 Å². The minimum Gasteiger partial charge on any atom is -0.308 e. The molecule has 1 heterocycles. The van der Waals surface area contributed by atoms with Crippen molar-refractivity contribution in [2.24, 2.45) is 0 Å². The molecule has 0 saturated carbocycles. The topological polar surface area (TPSA) is 15.3 Å². The summed E-state index contributed by atoms with van der Waals surface area (Å²) < 4.78 is 12.9. The zero-order valence-corrected chi connectivity index (χ0v) is 12.3. The van der Waals surface area contributed by atoms with Crippen LogP contribution in [0.1, 0.15) is 16.7 Å². The lowest BCUT2D eigenvalue weighted by Crippen LogP contribution is -2.43. The fourth-order valence-electron chi connectivity index (χ4n) is 2.99. The third-order valence-electron chi connectivity index (χ3n) is 4.06. The maximum absolute atomic E-state index is 12.9. The quantitative estimate of drug-likeness (QED) is 0.928. The van der Waals surface area contributed by atoms with Gasteiger partial charge in [-0.3, -0.25) is 0 Å². The molecular weight excluding hydrogens is 263 g/mol. The van der Waals surface area contributed by atoms with Gasteiger partial charge in [-0.1, -0.05) is 36.4 Å². The first-order valence-corrected chi connectivity index (χ1v) is 7.44. The molecule has 1 unspecified atom stereocenters. The van der Waals surface area contributed by atoms with Gasteiger partial charge in [0.05, 0.1) is 0 Å². The molecule has 0 saturated heterocycles. The van der Waals surface area contributed by atoms with Gasteiger partial charge < -0.3 is 10.2 Å². The highest BCUT2D eigenvalue weighted by atomic mass is 19.1. The van der Waals surface area contributed by atoms with Crippen molar-refractivity contribution in [1.29, 1.82) is 0 Å². The van der Waals surface area contributed by atoms with Crippen molar-refractivity contribution in [1.82, 2.24) is 10.2 Å². The van der Waals surface area contributed by atoms with E-state index < -0.39 is 0 Å². The van der Waals surface area contributed by atoms with E-state index in [0.29, 0.717) is 6.04 Å².